The highest BCUT2D eigenvalue weighted by Gasteiger charge is 2.21. The van der Waals surface area contributed by atoms with Gasteiger partial charge in [-0.3, -0.25) is 4.68 Å². The molecule has 0 aliphatic heterocycles. The molecule has 0 bridgehead atoms. The lowest BCUT2D eigenvalue weighted by atomic mass is 9.89. The number of nitrogens with one attached hydrogen (secondary N) is 1. The molecule has 0 aliphatic carbocycles. The van der Waals surface area contributed by atoms with Crippen LogP contribution in [0.1, 0.15) is 45.9 Å². The second-order valence-electron chi connectivity index (χ2n) is 5.76. The molecule has 0 aliphatic rings. The van der Waals surface area contributed by atoms with E-state index in [1.807, 2.05) is 18.8 Å². The third kappa shape index (κ3) is 3.43. The third-order valence-electron chi connectivity index (χ3n) is 3.07. The van der Waals surface area contributed by atoms with E-state index in [2.05, 4.69) is 57.3 Å². The van der Waals surface area contributed by atoms with Crippen molar-refractivity contribution in [2.75, 3.05) is 7.05 Å². The first-order valence-electron chi connectivity index (χ1n) is 6.15. The van der Waals surface area contributed by atoms with Crippen LogP contribution in [-0.4, -0.2) is 22.9 Å². The van der Waals surface area contributed by atoms with Crippen LogP contribution in [0.15, 0.2) is 11.8 Å². The molecule has 0 radical (unpaired) electrons. The van der Waals surface area contributed by atoms with Crippen molar-refractivity contribution in [3.8, 4) is 0 Å². The maximum absolute atomic E-state index is 4.57. The highest BCUT2D eigenvalue weighted by molar-refractivity contribution is 5.56. The summed E-state index contributed by atoms with van der Waals surface area (Å²) in [7, 11) is 3.96. The quantitative estimate of drug-likeness (QED) is 0.873. The molecule has 0 fully saturated rings. The average molecular weight is 235 g/mol. The van der Waals surface area contributed by atoms with Crippen LogP contribution in [0.2, 0.25) is 0 Å². The number of hydrogen-bond donors (Lipinski definition) is 1. The van der Waals surface area contributed by atoms with Gasteiger partial charge in [-0.25, -0.2) is 0 Å². The molecule has 1 unspecified atom stereocenters. The van der Waals surface area contributed by atoms with Crippen molar-refractivity contribution in [1.29, 1.82) is 0 Å². The molecule has 3 heteroatoms. The largest absolute Gasteiger partial charge is 0.314 e. The fourth-order valence-electron chi connectivity index (χ4n) is 1.79. The minimum Gasteiger partial charge on any atom is -0.314 e. The Morgan fingerprint density at radius 1 is 1.47 bits per heavy atom. The predicted octanol–water partition coefficient (Wildman–Crippen LogP) is 2.73. The summed E-state index contributed by atoms with van der Waals surface area (Å²) in [4.78, 5) is 0. The van der Waals surface area contributed by atoms with E-state index in [0.29, 0.717) is 6.04 Å². The Kier molecular flexibility index (Phi) is 4.15. The molecule has 1 atom stereocenters. The number of aromatic nitrogens is 2. The van der Waals surface area contributed by atoms with Gasteiger partial charge in [0.1, 0.15) is 0 Å². The Balaban J connectivity index is 3.15. The molecule has 1 N–H and O–H groups in total. The van der Waals surface area contributed by atoms with Crippen molar-refractivity contribution in [3.63, 3.8) is 0 Å². The smallest absolute Gasteiger partial charge is 0.0750 e. The van der Waals surface area contributed by atoms with Gasteiger partial charge in [0, 0.05) is 30.3 Å². The lowest BCUT2D eigenvalue weighted by Gasteiger charge is -2.17. The van der Waals surface area contributed by atoms with Crippen molar-refractivity contribution in [2.24, 2.45) is 7.05 Å². The van der Waals surface area contributed by atoms with E-state index in [1.165, 1.54) is 11.1 Å². The molecule has 1 rings (SSSR count). The second-order valence-corrected chi connectivity index (χ2v) is 5.76. The topological polar surface area (TPSA) is 29.9 Å². The zero-order valence-corrected chi connectivity index (χ0v) is 12.1. The molecule has 0 spiro atoms. The van der Waals surface area contributed by atoms with Crippen LogP contribution in [0.3, 0.4) is 0 Å². The van der Waals surface area contributed by atoms with E-state index in [1.54, 1.807) is 0 Å². The lowest BCUT2D eigenvalue weighted by molar-refractivity contribution is 0.552. The summed E-state index contributed by atoms with van der Waals surface area (Å²) in [6, 6.07) is 0.392. The SMILES string of the molecule is CNC(C)C(C)=Cc1cn(C)nc1C(C)(C)C. The first-order chi connectivity index (χ1) is 7.75. The number of aryl methyl sites for hydroxylation is 1. The van der Waals surface area contributed by atoms with Crippen molar-refractivity contribution in [2.45, 2.75) is 46.1 Å². The Bertz CT molecular complexity index is 408. The minimum atomic E-state index is 0.0796. The Hall–Kier alpha value is -1.09. The number of likely N-dealkylation sites (N-methyl/N-ethyl adjacent to an activating group) is 1. The van der Waals surface area contributed by atoms with Gasteiger partial charge in [0.05, 0.1) is 5.69 Å². The monoisotopic (exact) mass is 235 g/mol. The summed E-state index contributed by atoms with van der Waals surface area (Å²) in [6.45, 7) is 10.9. The van der Waals surface area contributed by atoms with Gasteiger partial charge in [-0.2, -0.15) is 5.10 Å². The first kappa shape index (κ1) is 14.0. The summed E-state index contributed by atoms with van der Waals surface area (Å²) in [6.07, 6.45) is 4.32. The molecular formula is C14H25N3. The van der Waals surface area contributed by atoms with E-state index in [0.717, 1.165) is 5.69 Å². The van der Waals surface area contributed by atoms with Crippen molar-refractivity contribution in [1.82, 2.24) is 15.1 Å². The van der Waals surface area contributed by atoms with Crippen LogP contribution in [0.4, 0.5) is 0 Å². The van der Waals surface area contributed by atoms with Gasteiger partial charge < -0.3 is 5.32 Å². The van der Waals surface area contributed by atoms with Crippen molar-refractivity contribution >= 4 is 6.08 Å². The number of nitrogens with zero attached hydrogens (tertiary/aromatic N) is 2. The second kappa shape index (κ2) is 5.05. The van der Waals surface area contributed by atoms with E-state index < -0.39 is 0 Å². The highest BCUT2D eigenvalue weighted by Crippen LogP contribution is 2.26. The molecule has 17 heavy (non-hydrogen) atoms. The Morgan fingerprint density at radius 3 is 2.53 bits per heavy atom. The van der Waals surface area contributed by atoms with E-state index in [-0.39, 0.29) is 5.41 Å². The summed E-state index contributed by atoms with van der Waals surface area (Å²) in [5.74, 6) is 0. The lowest BCUT2D eigenvalue weighted by Crippen LogP contribution is -2.22. The van der Waals surface area contributed by atoms with Gasteiger partial charge in [0.15, 0.2) is 0 Å². The molecule has 1 aromatic rings. The summed E-state index contributed by atoms with van der Waals surface area (Å²) < 4.78 is 1.89. The van der Waals surface area contributed by atoms with Gasteiger partial charge in [-0.05, 0) is 20.9 Å². The first-order valence-corrected chi connectivity index (χ1v) is 6.15. The highest BCUT2D eigenvalue weighted by atomic mass is 15.3. The zero-order valence-electron chi connectivity index (χ0n) is 12.1. The van der Waals surface area contributed by atoms with Crippen LogP contribution in [-0.2, 0) is 12.5 Å². The molecule has 1 heterocycles. The Labute approximate surface area is 105 Å². The molecule has 96 valence electrons. The molecule has 0 saturated heterocycles. The van der Waals surface area contributed by atoms with E-state index in [9.17, 15) is 0 Å². The number of hydrogen-bond acceptors (Lipinski definition) is 2. The fraction of sp³-hybridized carbons (Fsp3) is 0.643. The normalized spacial score (nSPS) is 15.1. The van der Waals surface area contributed by atoms with Crippen LogP contribution < -0.4 is 5.32 Å². The zero-order chi connectivity index (χ0) is 13.2. The maximum Gasteiger partial charge on any atom is 0.0750 e. The average Bonchev–Trinajstić information content (AvgIpc) is 2.57. The van der Waals surface area contributed by atoms with Gasteiger partial charge in [0.2, 0.25) is 0 Å². The van der Waals surface area contributed by atoms with Crippen molar-refractivity contribution < 1.29 is 0 Å². The van der Waals surface area contributed by atoms with E-state index in [4.69, 9.17) is 0 Å². The van der Waals surface area contributed by atoms with Crippen LogP contribution >= 0.6 is 0 Å². The van der Waals surface area contributed by atoms with Gasteiger partial charge >= 0.3 is 0 Å². The third-order valence-corrected chi connectivity index (χ3v) is 3.07. The molecule has 0 amide bonds. The minimum absolute atomic E-state index is 0.0796. The Morgan fingerprint density at radius 2 is 2.06 bits per heavy atom. The standard InChI is InChI=1S/C14H25N3/c1-10(11(2)15-6)8-12-9-17(7)16-13(12)14(3,4)5/h8-9,11,15H,1-7H3. The van der Waals surface area contributed by atoms with Gasteiger partial charge in [-0.1, -0.05) is 32.4 Å². The fourth-order valence-corrected chi connectivity index (χ4v) is 1.79. The number of rotatable bonds is 3. The van der Waals surface area contributed by atoms with Crippen LogP contribution in [0, 0.1) is 0 Å². The van der Waals surface area contributed by atoms with Crippen LogP contribution in [0.25, 0.3) is 6.08 Å². The van der Waals surface area contributed by atoms with Gasteiger partial charge in [0.25, 0.3) is 0 Å². The molecular weight excluding hydrogens is 210 g/mol. The summed E-state index contributed by atoms with van der Waals surface area (Å²) >= 11 is 0. The predicted molar refractivity (Wildman–Crippen MR) is 74.1 cm³/mol. The molecule has 0 aromatic carbocycles. The molecule has 1 aromatic heterocycles. The summed E-state index contributed by atoms with van der Waals surface area (Å²) in [5.41, 5.74) is 3.78. The summed E-state index contributed by atoms with van der Waals surface area (Å²) in [5, 5.41) is 7.83. The van der Waals surface area contributed by atoms with Crippen LogP contribution in [0.5, 0.6) is 0 Å². The van der Waals surface area contributed by atoms with E-state index >= 15 is 0 Å². The van der Waals surface area contributed by atoms with Gasteiger partial charge in [-0.15, -0.1) is 0 Å². The maximum atomic E-state index is 4.57. The molecule has 3 nitrogen and oxygen atoms in total. The van der Waals surface area contributed by atoms with Crippen molar-refractivity contribution in [3.05, 3.63) is 23.0 Å². The molecule has 0 saturated carbocycles.